The molecule has 6 nitrogen and oxygen atoms in total. The van der Waals surface area contributed by atoms with Gasteiger partial charge in [-0.3, -0.25) is 9.10 Å². The molecule has 0 radical (unpaired) electrons. The first-order chi connectivity index (χ1) is 12.9. The molecule has 1 fully saturated rings. The Morgan fingerprint density at radius 2 is 1.96 bits per heavy atom. The van der Waals surface area contributed by atoms with Crippen LogP contribution >= 0.6 is 0 Å². The van der Waals surface area contributed by atoms with E-state index in [0.29, 0.717) is 36.5 Å². The second kappa shape index (κ2) is 7.96. The Morgan fingerprint density at radius 1 is 1.22 bits per heavy atom. The Labute approximate surface area is 158 Å². The monoisotopic (exact) mass is 392 g/mol. The molecule has 0 aromatic heterocycles. The third-order valence-corrected chi connectivity index (χ3v) is 6.24. The van der Waals surface area contributed by atoms with Gasteiger partial charge in [0.2, 0.25) is 15.9 Å². The van der Waals surface area contributed by atoms with Crippen molar-refractivity contribution in [2.24, 2.45) is 0 Å². The van der Waals surface area contributed by atoms with Gasteiger partial charge in [-0.1, -0.05) is 12.1 Å². The van der Waals surface area contributed by atoms with Crippen LogP contribution in [0.4, 0.5) is 15.8 Å². The topological polar surface area (TPSA) is 75.7 Å². The maximum absolute atomic E-state index is 12.9. The molecule has 0 saturated carbocycles. The summed E-state index contributed by atoms with van der Waals surface area (Å²) in [7, 11) is -1.88. The molecule has 144 valence electrons. The highest BCUT2D eigenvalue weighted by Gasteiger charge is 2.30. The van der Waals surface area contributed by atoms with Gasteiger partial charge in [-0.05, 0) is 48.7 Å². The standard InChI is InChI=1S/C19H21FN2O4S/c1-26-18-9-8-16(13-17(18)22-11-2-12-27(22,24)25)21-19(23)10-5-14-3-6-15(20)7-4-14/h3-4,6-9,13H,2,5,10-12H2,1H3,(H,21,23). The molecule has 1 N–H and O–H groups in total. The van der Waals surface area contributed by atoms with E-state index in [2.05, 4.69) is 5.32 Å². The van der Waals surface area contributed by atoms with Crippen molar-refractivity contribution in [3.8, 4) is 5.75 Å². The van der Waals surface area contributed by atoms with Crippen molar-refractivity contribution in [2.75, 3.05) is 29.0 Å². The van der Waals surface area contributed by atoms with Gasteiger partial charge in [-0.25, -0.2) is 12.8 Å². The first-order valence-corrected chi connectivity index (χ1v) is 10.2. The fourth-order valence-corrected chi connectivity index (χ4v) is 4.57. The summed E-state index contributed by atoms with van der Waals surface area (Å²) in [6, 6.07) is 10.9. The van der Waals surface area contributed by atoms with Crippen LogP contribution in [-0.2, 0) is 21.2 Å². The first-order valence-electron chi connectivity index (χ1n) is 8.62. The van der Waals surface area contributed by atoms with Crippen LogP contribution in [0.1, 0.15) is 18.4 Å². The number of benzene rings is 2. The second-order valence-electron chi connectivity index (χ2n) is 6.30. The molecule has 8 heteroatoms. The lowest BCUT2D eigenvalue weighted by molar-refractivity contribution is -0.116. The third-order valence-electron chi connectivity index (χ3n) is 4.38. The molecule has 27 heavy (non-hydrogen) atoms. The van der Waals surface area contributed by atoms with Gasteiger partial charge in [-0.2, -0.15) is 0 Å². The molecule has 0 spiro atoms. The Morgan fingerprint density at radius 3 is 2.59 bits per heavy atom. The predicted octanol–water partition coefficient (Wildman–Crippen LogP) is 2.95. The number of anilines is 2. The molecule has 2 aromatic carbocycles. The number of sulfonamides is 1. The first kappa shape index (κ1) is 19.2. The van der Waals surface area contributed by atoms with E-state index in [1.54, 1.807) is 30.3 Å². The van der Waals surface area contributed by atoms with E-state index in [1.807, 2.05) is 0 Å². The van der Waals surface area contributed by atoms with Crippen LogP contribution in [0.3, 0.4) is 0 Å². The van der Waals surface area contributed by atoms with Crippen LogP contribution in [0.25, 0.3) is 0 Å². The second-order valence-corrected chi connectivity index (χ2v) is 8.32. The summed E-state index contributed by atoms with van der Waals surface area (Å²) in [5.74, 6) is 0.0139. The number of carbonyl (C=O) groups is 1. The van der Waals surface area contributed by atoms with Crippen LogP contribution < -0.4 is 14.4 Å². The number of hydrogen-bond acceptors (Lipinski definition) is 4. The summed E-state index contributed by atoms with van der Waals surface area (Å²) in [5.41, 5.74) is 1.79. The van der Waals surface area contributed by atoms with Crippen molar-refractivity contribution in [1.82, 2.24) is 0 Å². The van der Waals surface area contributed by atoms with Gasteiger partial charge in [-0.15, -0.1) is 0 Å². The van der Waals surface area contributed by atoms with Gasteiger partial charge in [0.1, 0.15) is 11.6 Å². The zero-order valence-electron chi connectivity index (χ0n) is 14.9. The Bertz CT molecular complexity index is 929. The molecule has 1 aliphatic rings. The Hall–Kier alpha value is -2.61. The van der Waals surface area contributed by atoms with Crippen molar-refractivity contribution in [3.05, 3.63) is 53.8 Å². The number of methoxy groups -OCH3 is 1. The van der Waals surface area contributed by atoms with Crippen molar-refractivity contribution >= 4 is 27.3 Å². The lowest BCUT2D eigenvalue weighted by Crippen LogP contribution is -2.25. The zero-order valence-corrected chi connectivity index (χ0v) is 15.8. The van der Waals surface area contributed by atoms with Gasteiger partial charge in [0.15, 0.2) is 0 Å². The number of carbonyl (C=O) groups excluding carboxylic acids is 1. The van der Waals surface area contributed by atoms with E-state index in [-0.39, 0.29) is 23.9 Å². The summed E-state index contributed by atoms with van der Waals surface area (Å²) in [6.07, 6.45) is 1.27. The highest BCUT2D eigenvalue weighted by atomic mass is 32.2. The van der Waals surface area contributed by atoms with Crippen LogP contribution in [0.5, 0.6) is 5.75 Å². The lowest BCUT2D eigenvalue weighted by Gasteiger charge is -2.20. The number of aryl methyl sites for hydroxylation is 1. The van der Waals surface area contributed by atoms with Crippen molar-refractivity contribution in [2.45, 2.75) is 19.3 Å². The third kappa shape index (κ3) is 4.57. The number of ether oxygens (including phenoxy) is 1. The number of nitrogens with zero attached hydrogens (tertiary/aromatic N) is 1. The van der Waals surface area contributed by atoms with Crippen molar-refractivity contribution in [3.63, 3.8) is 0 Å². The lowest BCUT2D eigenvalue weighted by atomic mass is 10.1. The van der Waals surface area contributed by atoms with E-state index in [0.717, 1.165) is 5.56 Å². The maximum atomic E-state index is 12.9. The average Bonchev–Trinajstić information content (AvgIpc) is 3.00. The molecule has 1 saturated heterocycles. The number of amides is 1. The Balaban J connectivity index is 1.70. The molecule has 3 rings (SSSR count). The molecule has 0 unspecified atom stereocenters. The van der Waals surface area contributed by atoms with Gasteiger partial charge >= 0.3 is 0 Å². The van der Waals surface area contributed by atoms with Gasteiger partial charge in [0.25, 0.3) is 0 Å². The van der Waals surface area contributed by atoms with Gasteiger partial charge in [0, 0.05) is 18.7 Å². The van der Waals surface area contributed by atoms with Crippen LogP contribution in [0, 0.1) is 5.82 Å². The zero-order chi connectivity index (χ0) is 19.4. The molecule has 2 aromatic rings. The number of hydrogen-bond donors (Lipinski definition) is 1. The smallest absolute Gasteiger partial charge is 0.235 e. The molecule has 1 aliphatic heterocycles. The summed E-state index contributed by atoms with van der Waals surface area (Å²) in [6.45, 7) is 0.390. The number of nitrogens with one attached hydrogen (secondary N) is 1. The summed E-state index contributed by atoms with van der Waals surface area (Å²) in [4.78, 5) is 12.2. The molecule has 1 amide bonds. The van der Waals surface area contributed by atoms with Crippen molar-refractivity contribution < 1.29 is 22.3 Å². The van der Waals surface area contributed by atoms with Crippen molar-refractivity contribution in [1.29, 1.82) is 0 Å². The molecular weight excluding hydrogens is 371 g/mol. The number of halogens is 1. The van der Waals surface area contributed by atoms with Crippen LogP contribution in [-0.4, -0.2) is 33.7 Å². The predicted molar refractivity (Wildman–Crippen MR) is 102 cm³/mol. The largest absolute Gasteiger partial charge is 0.495 e. The normalized spacial score (nSPS) is 15.6. The summed E-state index contributed by atoms with van der Waals surface area (Å²) >= 11 is 0. The SMILES string of the molecule is COc1ccc(NC(=O)CCc2ccc(F)cc2)cc1N1CCCS1(=O)=O. The fraction of sp³-hybridized carbons (Fsp3) is 0.316. The molecule has 1 heterocycles. The van der Waals surface area contributed by atoms with E-state index < -0.39 is 10.0 Å². The van der Waals surface area contributed by atoms with E-state index >= 15 is 0 Å². The fourth-order valence-electron chi connectivity index (χ4n) is 3.01. The minimum absolute atomic E-state index is 0.102. The summed E-state index contributed by atoms with van der Waals surface area (Å²) in [5, 5.41) is 2.78. The highest BCUT2D eigenvalue weighted by molar-refractivity contribution is 7.93. The minimum atomic E-state index is -3.36. The molecule has 0 aliphatic carbocycles. The van der Waals surface area contributed by atoms with E-state index in [9.17, 15) is 17.6 Å². The molecule has 0 atom stereocenters. The van der Waals surface area contributed by atoms with E-state index in [4.69, 9.17) is 4.74 Å². The van der Waals surface area contributed by atoms with E-state index in [1.165, 1.54) is 23.5 Å². The Kier molecular flexibility index (Phi) is 5.65. The van der Waals surface area contributed by atoms with Crippen LogP contribution in [0.2, 0.25) is 0 Å². The van der Waals surface area contributed by atoms with Gasteiger partial charge < -0.3 is 10.1 Å². The highest BCUT2D eigenvalue weighted by Crippen LogP contribution is 2.35. The van der Waals surface area contributed by atoms with Gasteiger partial charge in [0.05, 0.1) is 18.6 Å². The number of rotatable bonds is 6. The minimum Gasteiger partial charge on any atom is -0.495 e. The average molecular weight is 392 g/mol. The maximum Gasteiger partial charge on any atom is 0.235 e. The quantitative estimate of drug-likeness (QED) is 0.820. The molecular formula is C19H21FN2O4S. The van der Waals surface area contributed by atoms with Crippen LogP contribution in [0.15, 0.2) is 42.5 Å². The molecule has 0 bridgehead atoms. The summed E-state index contributed by atoms with van der Waals surface area (Å²) < 4.78 is 43.9.